The van der Waals surface area contributed by atoms with Gasteiger partial charge in [0.1, 0.15) is 11.4 Å². The van der Waals surface area contributed by atoms with Gasteiger partial charge in [-0.25, -0.2) is 4.98 Å². The first-order chi connectivity index (χ1) is 10.9. The second-order valence-electron chi connectivity index (χ2n) is 4.65. The SMILES string of the molecule is NCCCNc1nc(Nc2ccc(Br)cc2)ncc1C(F)(F)F. The topological polar surface area (TPSA) is 75.9 Å². The molecule has 5 nitrogen and oxygen atoms in total. The molecule has 23 heavy (non-hydrogen) atoms. The van der Waals surface area contributed by atoms with Gasteiger partial charge in [-0.05, 0) is 37.2 Å². The Morgan fingerprint density at radius 2 is 1.87 bits per heavy atom. The summed E-state index contributed by atoms with van der Waals surface area (Å²) in [6, 6.07) is 7.11. The number of halogens is 4. The highest BCUT2D eigenvalue weighted by Crippen LogP contribution is 2.34. The highest BCUT2D eigenvalue weighted by atomic mass is 79.9. The van der Waals surface area contributed by atoms with E-state index in [0.29, 0.717) is 25.2 Å². The molecule has 0 radical (unpaired) electrons. The van der Waals surface area contributed by atoms with Crippen LogP contribution in [0.3, 0.4) is 0 Å². The number of rotatable bonds is 6. The van der Waals surface area contributed by atoms with Crippen LogP contribution in [-0.4, -0.2) is 23.1 Å². The molecule has 1 aromatic heterocycles. The number of nitrogens with zero attached hydrogens (tertiary/aromatic N) is 2. The molecule has 0 saturated carbocycles. The van der Waals surface area contributed by atoms with E-state index < -0.39 is 11.7 Å². The van der Waals surface area contributed by atoms with Gasteiger partial charge in [0, 0.05) is 22.9 Å². The molecule has 0 bridgehead atoms. The molecule has 0 saturated heterocycles. The van der Waals surface area contributed by atoms with Crippen LogP contribution in [0.25, 0.3) is 0 Å². The van der Waals surface area contributed by atoms with Crippen molar-refractivity contribution in [3.8, 4) is 0 Å². The first-order valence-corrected chi connectivity index (χ1v) is 7.60. The molecule has 0 unspecified atom stereocenters. The molecular formula is C14H15BrF3N5. The predicted molar refractivity (Wildman–Crippen MR) is 86.6 cm³/mol. The Morgan fingerprint density at radius 3 is 2.48 bits per heavy atom. The maximum absolute atomic E-state index is 13.0. The lowest BCUT2D eigenvalue weighted by atomic mass is 10.3. The van der Waals surface area contributed by atoms with E-state index >= 15 is 0 Å². The minimum absolute atomic E-state index is 0.0792. The molecule has 0 aliphatic heterocycles. The average Bonchev–Trinajstić information content (AvgIpc) is 2.49. The summed E-state index contributed by atoms with van der Waals surface area (Å²) in [6.07, 6.45) is -3.23. The largest absolute Gasteiger partial charge is 0.421 e. The second-order valence-corrected chi connectivity index (χ2v) is 5.57. The van der Waals surface area contributed by atoms with Crippen LogP contribution in [0.15, 0.2) is 34.9 Å². The fraction of sp³-hybridized carbons (Fsp3) is 0.286. The zero-order chi connectivity index (χ0) is 16.9. The summed E-state index contributed by atoms with van der Waals surface area (Å²) in [5.74, 6) is -0.184. The van der Waals surface area contributed by atoms with Gasteiger partial charge in [0.05, 0.1) is 0 Å². The van der Waals surface area contributed by atoms with E-state index in [2.05, 4.69) is 36.5 Å². The Hall–Kier alpha value is -1.87. The van der Waals surface area contributed by atoms with Crippen LogP contribution in [-0.2, 0) is 6.18 Å². The van der Waals surface area contributed by atoms with Gasteiger partial charge in [0.25, 0.3) is 0 Å². The summed E-state index contributed by atoms with van der Waals surface area (Å²) in [5.41, 5.74) is 5.11. The number of hydrogen-bond donors (Lipinski definition) is 3. The Morgan fingerprint density at radius 1 is 1.17 bits per heavy atom. The van der Waals surface area contributed by atoms with E-state index in [4.69, 9.17) is 5.73 Å². The summed E-state index contributed by atoms with van der Waals surface area (Å²) in [4.78, 5) is 7.66. The number of aromatic nitrogens is 2. The fourth-order valence-corrected chi connectivity index (χ4v) is 2.02. The van der Waals surface area contributed by atoms with Crippen molar-refractivity contribution in [3.05, 3.63) is 40.5 Å². The standard InChI is InChI=1S/C14H15BrF3N5/c15-9-2-4-10(5-3-9)22-13-21-8-11(14(16,17)18)12(23-13)20-7-1-6-19/h2-5,8H,1,6-7,19H2,(H2,20,21,22,23). The van der Waals surface area contributed by atoms with Crippen LogP contribution in [0.5, 0.6) is 0 Å². The second kappa shape index (κ2) is 7.60. The van der Waals surface area contributed by atoms with Crippen molar-refractivity contribution in [2.75, 3.05) is 23.7 Å². The number of benzene rings is 1. The predicted octanol–water partition coefficient (Wildman–Crippen LogP) is 3.76. The van der Waals surface area contributed by atoms with Crippen LogP contribution < -0.4 is 16.4 Å². The molecule has 2 rings (SSSR count). The number of anilines is 3. The Balaban J connectivity index is 2.23. The smallest absolute Gasteiger partial charge is 0.369 e. The number of nitrogens with two attached hydrogens (primary N) is 1. The van der Waals surface area contributed by atoms with Gasteiger partial charge in [-0.15, -0.1) is 0 Å². The van der Waals surface area contributed by atoms with Crippen molar-refractivity contribution in [1.82, 2.24) is 9.97 Å². The number of alkyl halides is 3. The quantitative estimate of drug-likeness (QED) is 0.655. The maximum Gasteiger partial charge on any atom is 0.421 e. The molecule has 4 N–H and O–H groups in total. The third-order valence-electron chi connectivity index (χ3n) is 2.87. The average molecular weight is 390 g/mol. The first-order valence-electron chi connectivity index (χ1n) is 6.81. The highest BCUT2D eigenvalue weighted by molar-refractivity contribution is 9.10. The lowest BCUT2D eigenvalue weighted by molar-refractivity contribution is -0.137. The minimum atomic E-state index is -4.53. The van der Waals surface area contributed by atoms with Crippen LogP contribution in [0, 0.1) is 0 Å². The van der Waals surface area contributed by atoms with E-state index in [1.807, 2.05) is 0 Å². The molecule has 9 heteroatoms. The molecule has 0 spiro atoms. The molecule has 0 atom stereocenters. The number of hydrogen-bond acceptors (Lipinski definition) is 5. The molecular weight excluding hydrogens is 375 g/mol. The van der Waals surface area contributed by atoms with Gasteiger partial charge in [-0.2, -0.15) is 18.2 Å². The summed E-state index contributed by atoms with van der Waals surface area (Å²) >= 11 is 3.30. The molecule has 0 aliphatic carbocycles. The molecule has 1 aromatic carbocycles. The van der Waals surface area contributed by atoms with E-state index in [1.165, 1.54) is 0 Å². The van der Waals surface area contributed by atoms with Crippen molar-refractivity contribution in [2.45, 2.75) is 12.6 Å². The van der Waals surface area contributed by atoms with E-state index in [9.17, 15) is 13.2 Å². The van der Waals surface area contributed by atoms with Crippen molar-refractivity contribution in [3.63, 3.8) is 0 Å². The van der Waals surface area contributed by atoms with Crippen LogP contribution in [0.4, 0.5) is 30.6 Å². The highest BCUT2D eigenvalue weighted by Gasteiger charge is 2.35. The molecule has 1 heterocycles. The normalized spacial score (nSPS) is 11.3. The number of nitrogens with one attached hydrogen (secondary N) is 2. The van der Waals surface area contributed by atoms with Crippen molar-refractivity contribution in [1.29, 1.82) is 0 Å². The van der Waals surface area contributed by atoms with Crippen LogP contribution in [0.1, 0.15) is 12.0 Å². The van der Waals surface area contributed by atoms with Gasteiger partial charge in [0.2, 0.25) is 5.95 Å². The molecule has 2 aromatic rings. The summed E-state index contributed by atoms with van der Waals surface area (Å²) < 4.78 is 39.9. The lowest BCUT2D eigenvalue weighted by Crippen LogP contribution is -2.16. The van der Waals surface area contributed by atoms with Gasteiger partial charge in [0.15, 0.2) is 0 Å². The molecule has 124 valence electrons. The van der Waals surface area contributed by atoms with Gasteiger partial charge in [-0.3, -0.25) is 0 Å². The van der Waals surface area contributed by atoms with Crippen LogP contribution >= 0.6 is 15.9 Å². The Labute approximate surface area is 139 Å². The lowest BCUT2D eigenvalue weighted by Gasteiger charge is -2.14. The zero-order valence-electron chi connectivity index (χ0n) is 12.0. The van der Waals surface area contributed by atoms with E-state index in [-0.39, 0.29) is 11.8 Å². The first kappa shape index (κ1) is 17.5. The molecule has 0 aliphatic rings. The Kier molecular flexibility index (Phi) is 5.78. The summed E-state index contributed by atoms with van der Waals surface area (Å²) in [6.45, 7) is 0.678. The van der Waals surface area contributed by atoms with Crippen molar-refractivity contribution < 1.29 is 13.2 Å². The van der Waals surface area contributed by atoms with E-state index in [0.717, 1.165) is 10.7 Å². The third-order valence-corrected chi connectivity index (χ3v) is 3.40. The summed E-state index contributed by atoms with van der Waals surface area (Å²) in [7, 11) is 0. The zero-order valence-corrected chi connectivity index (χ0v) is 13.6. The summed E-state index contributed by atoms with van der Waals surface area (Å²) in [5, 5.41) is 5.52. The van der Waals surface area contributed by atoms with Crippen molar-refractivity contribution >= 4 is 33.4 Å². The van der Waals surface area contributed by atoms with Gasteiger partial charge in [-0.1, -0.05) is 15.9 Å². The van der Waals surface area contributed by atoms with Gasteiger partial charge >= 0.3 is 6.18 Å². The fourth-order valence-electron chi connectivity index (χ4n) is 1.76. The minimum Gasteiger partial charge on any atom is -0.369 e. The monoisotopic (exact) mass is 389 g/mol. The molecule has 0 amide bonds. The van der Waals surface area contributed by atoms with E-state index in [1.54, 1.807) is 24.3 Å². The Bertz CT molecular complexity index is 646. The van der Waals surface area contributed by atoms with Crippen molar-refractivity contribution in [2.24, 2.45) is 5.73 Å². The third kappa shape index (κ3) is 5.07. The van der Waals surface area contributed by atoms with Gasteiger partial charge < -0.3 is 16.4 Å². The molecule has 0 fully saturated rings. The van der Waals surface area contributed by atoms with Crippen LogP contribution in [0.2, 0.25) is 0 Å². The maximum atomic E-state index is 13.0.